The zero-order valence-corrected chi connectivity index (χ0v) is 18.1. The minimum absolute atomic E-state index is 0.399. The van der Waals surface area contributed by atoms with Gasteiger partial charge in [0.15, 0.2) is 6.23 Å². The molecule has 7 heteroatoms. The summed E-state index contributed by atoms with van der Waals surface area (Å²) in [5.74, 6) is -1.77. The Hall–Kier alpha value is -3.41. The maximum atomic E-state index is 13.3. The normalized spacial score (nSPS) is 19.1. The topological polar surface area (TPSA) is 67.8 Å². The lowest BCUT2D eigenvalue weighted by Crippen LogP contribution is -2.36. The summed E-state index contributed by atoms with van der Waals surface area (Å²) in [5.41, 5.74) is 3.59. The molecular formula is C25H16Cl2N2O3. The van der Waals surface area contributed by atoms with Crippen molar-refractivity contribution in [1.82, 2.24) is 5.32 Å². The number of amides is 1. The molecule has 5 nitrogen and oxygen atoms in total. The molecule has 1 N–H and O–H groups in total. The molecule has 0 aliphatic carbocycles. The van der Waals surface area contributed by atoms with Crippen LogP contribution in [-0.2, 0) is 9.53 Å². The molecule has 32 heavy (non-hydrogen) atoms. The van der Waals surface area contributed by atoms with Gasteiger partial charge in [-0.25, -0.2) is 9.79 Å². The highest BCUT2D eigenvalue weighted by Crippen LogP contribution is 2.39. The van der Waals surface area contributed by atoms with Crippen LogP contribution in [0.3, 0.4) is 0 Å². The molecule has 0 radical (unpaired) electrons. The van der Waals surface area contributed by atoms with Crippen LogP contribution in [0.25, 0.3) is 5.57 Å². The van der Waals surface area contributed by atoms with Gasteiger partial charge in [0.1, 0.15) is 5.92 Å². The monoisotopic (exact) mass is 462 g/mol. The van der Waals surface area contributed by atoms with Gasteiger partial charge < -0.3 is 10.1 Å². The van der Waals surface area contributed by atoms with E-state index in [9.17, 15) is 9.59 Å². The maximum Gasteiger partial charge on any atom is 0.340 e. The van der Waals surface area contributed by atoms with Crippen LogP contribution in [0.15, 0.2) is 84.0 Å². The Morgan fingerprint density at radius 3 is 2.44 bits per heavy atom. The number of carbonyl (C=O) groups is 2. The number of nitrogens with one attached hydrogen (secondary N) is 1. The summed E-state index contributed by atoms with van der Waals surface area (Å²) in [6, 6.07) is 21.2. The first kappa shape index (κ1) is 20.5. The molecule has 1 amide bonds. The maximum absolute atomic E-state index is 13.3. The number of benzene rings is 3. The molecule has 2 atom stereocenters. The molecule has 3 aromatic carbocycles. The van der Waals surface area contributed by atoms with E-state index in [0.717, 1.165) is 5.56 Å². The van der Waals surface area contributed by atoms with Crippen molar-refractivity contribution in [2.75, 3.05) is 0 Å². The second-order valence-electron chi connectivity index (χ2n) is 7.40. The minimum atomic E-state index is -0.886. The Balaban J connectivity index is 1.58. The molecule has 0 saturated carbocycles. The molecule has 0 aromatic heterocycles. The van der Waals surface area contributed by atoms with Crippen LogP contribution >= 0.6 is 23.2 Å². The number of aliphatic imine (C=N–C) groups is 1. The second kappa shape index (κ2) is 8.26. The predicted molar refractivity (Wildman–Crippen MR) is 124 cm³/mol. The van der Waals surface area contributed by atoms with Crippen molar-refractivity contribution >= 4 is 46.4 Å². The number of carbonyl (C=O) groups excluding carboxylic acids is 2. The molecule has 2 heterocycles. The molecule has 158 valence electrons. The fraction of sp³-hybridized carbons (Fsp3) is 0.0800. The van der Waals surface area contributed by atoms with E-state index in [2.05, 4.69) is 10.3 Å². The lowest BCUT2D eigenvalue weighted by Gasteiger charge is -2.19. The van der Waals surface area contributed by atoms with E-state index < -0.39 is 24.0 Å². The van der Waals surface area contributed by atoms with Crippen LogP contribution in [0, 0.1) is 5.92 Å². The van der Waals surface area contributed by atoms with Crippen LogP contribution in [0.4, 0.5) is 0 Å². The number of nitrogens with zero attached hydrogens (tertiary/aromatic N) is 1. The minimum Gasteiger partial charge on any atom is -0.437 e. The lowest BCUT2D eigenvalue weighted by atomic mass is 9.89. The van der Waals surface area contributed by atoms with Crippen molar-refractivity contribution in [3.8, 4) is 0 Å². The number of fused-ring (bicyclic) bond motifs is 3. The van der Waals surface area contributed by atoms with Gasteiger partial charge in [-0.2, -0.15) is 0 Å². The van der Waals surface area contributed by atoms with Gasteiger partial charge in [-0.1, -0.05) is 65.7 Å². The molecule has 3 aromatic rings. The standard InChI is InChI=1S/C25H16Cl2N2O3/c26-15-10-11-16-18(12-15)22(17-8-4-5-9-20(17)27)29-23(30)21-19(16)13-28-24(21)32-25(31)14-6-2-1-3-7-14/h1-13,21,24,28H. The van der Waals surface area contributed by atoms with Gasteiger partial charge in [0, 0.05) is 27.4 Å². The lowest BCUT2D eigenvalue weighted by molar-refractivity contribution is -0.122. The predicted octanol–water partition coefficient (Wildman–Crippen LogP) is 5.11. The van der Waals surface area contributed by atoms with Gasteiger partial charge in [0.05, 0.1) is 11.3 Å². The number of esters is 1. The quantitative estimate of drug-likeness (QED) is 0.548. The zero-order valence-electron chi connectivity index (χ0n) is 16.6. The van der Waals surface area contributed by atoms with Crippen molar-refractivity contribution in [3.05, 3.63) is 111 Å². The van der Waals surface area contributed by atoms with E-state index in [-0.39, 0.29) is 0 Å². The molecule has 2 unspecified atom stereocenters. The summed E-state index contributed by atoms with van der Waals surface area (Å²) in [6.45, 7) is 0. The van der Waals surface area contributed by atoms with Crippen molar-refractivity contribution in [3.63, 3.8) is 0 Å². The Morgan fingerprint density at radius 1 is 0.906 bits per heavy atom. The number of ether oxygens (including phenoxy) is 1. The molecule has 2 aliphatic heterocycles. The fourth-order valence-corrected chi connectivity index (χ4v) is 4.35. The Morgan fingerprint density at radius 2 is 1.66 bits per heavy atom. The van der Waals surface area contributed by atoms with Crippen LogP contribution in [-0.4, -0.2) is 23.8 Å². The molecule has 2 aliphatic rings. The SMILES string of the molecule is O=C(OC1NC=C2c3ccc(Cl)cc3C(c3ccccc3Cl)=NC(=O)C21)c1ccccc1. The van der Waals surface area contributed by atoms with Gasteiger partial charge in [0.2, 0.25) is 0 Å². The summed E-state index contributed by atoms with van der Waals surface area (Å²) < 4.78 is 5.65. The number of hydrogen-bond acceptors (Lipinski definition) is 4. The number of halogens is 2. The first-order valence-corrected chi connectivity index (χ1v) is 10.7. The summed E-state index contributed by atoms with van der Waals surface area (Å²) >= 11 is 12.7. The second-order valence-corrected chi connectivity index (χ2v) is 8.25. The van der Waals surface area contributed by atoms with Crippen molar-refractivity contribution in [2.45, 2.75) is 6.23 Å². The molecule has 0 saturated heterocycles. The highest BCUT2D eigenvalue weighted by Gasteiger charge is 2.42. The van der Waals surface area contributed by atoms with Crippen molar-refractivity contribution in [2.24, 2.45) is 10.9 Å². The van der Waals surface area contributed by atoms with Crippen LogP contribution < -0.4 is 5.32 Å². The summed E-state index contributed by atoms with van der Waals surface area (Å²) in [5, 5.41) is 4.00. The van der Waals surface area contributed by atoms with Gasteiger partial charge in [0.25, 0.3) is 5.91 Å². The van der Waals surface area contributed by atoms with Gasteiger partial charge >= 0.3 is 5.97 Å². The molecule has 0 bridgehead atoms. The van der Waals surface area contributed by atoms with Gasteiger partial charge in [-0.15, -0.1) is 0 Å². The van der Waals surface area contributed by atoms with Crippen LogP contribution in [0.5, 0.6) is 0 Å². The van der Waals surface area contributed by atoms with E-state index in [1.165, 1.54) is 0 Å². The van der Waals surface area contributed by atoms with E-state index >= 15 is 0 Å². The average Bonchev–Trinajstić information content (AvgIpc) is 3.17. The first-order chi connectivity index (χ1) is 15.5. The summed E-state index contributed by atoms with van der Waals surface area (Å²) in [6.07, 6.45) is 0.812. The molecule has 0 fully saturated rings. The van der Waals surface area contributed by atoms with Gasteiger partial charge in [-0.05, 0) is 41.5 Å². The van der Waals surface area contributed by atoms with E-state index in [1.807, 2.05) is 24.3 Å². The Labute approximate surface area is 194 Å². The highest BCUT2D eigenvalue weighted by atomic mass is 35.5. The van der Waals surface area contributed by atoms with E-state index in [1.54, 1.807) is 54.7 Å². The summed E-state index contributed by atoms with van der Waals surface area (Å²) in [7, 11) is 0. The first-order valence-electron chi connectivity index (χ1n) is 9.93. The Bertz CT molecular complexity index is 1300. The molecule has 5 rings (SSSR count). The summed E-state index contributed by atoms with van der Waals surface area (Å²) in [4.78, 5) is 30.4. The molecule has 0 spiro atoms. The van der Waals surface area contributed by atoms with Crippen LogP contribution in [0.2, 0.25) is 10.0 Å². The van der Waals surface area contributed by atoms with E-state index in [0.29, 0.717) is 38.0 Å². The van der Waals surface area contributed by atoms with E-state index in [4.69, 9.17) is 27.9 Å². The Kier molecular flexibility index (Phi) is 5.29. The third-order valence-electron chi connectivity index (χ3n) is 5.45. The van der Waals surface area contributed by atoms with Crippen molar-refractivity contribution < 1.29 is 14.3 Å². The zero-order chi connectivity index (χ0) is 22.2. The smallest absolute Gasteiger partial charge is 0.340 e. The average molecular weight is 463 g/mol. The third-order valence-corrected chi connectivity index (χ3v) is 6.01. The number of hydrogen-bond donors (Lipinski definition) is 1. The van der Waals surface area contributed by atoms with Gasteiger partial charge in [-0.3, -0.25) is 4.79 Å². The van der Waals surface area contributed by atoms with Crippen LogP contribution in [0.1, 0.15) is 27.0 Å². The van der Waals surface area contributed by atoms with Crippen molar-refractivity contribution in [1.29, 1.82) is 0 Å². The fourth-order valence-electron chi connectivity index (χ4n) is 3.95. The highest BCUT2D eigenvalue weighted by molar-refractivity contribution is 6.37. The number of rotatable bonds is 3. The molecular weight excluding hydrogens is 447 g/mol. The third kappa shape index (κ3) is 3.60. The largest absolute Gasteiger partial charge is 0.437 e.